The van der Waals surface area contributed by atoms with E-state index in [0.717, 1.165) is 31.5 Å². The van der Waals surface area contributed by atoms with Crippen LogP contribution in [0.4, 0.5) is 5.69 Å². The molecule has 0 amide bonds. The molecular weight excluding hydrogens is 291 g/mol. The molecule has 24 heavy (non-hydrogen) atoms. The third-order valence-corrected chi connectivity index (χ3v) is 4.41. The van der Waals surface area contributed by atoms with Crippen LogP contribution in [0.5, 0.6) is 0 Å². The van der Waals surface area contributed by atoms with Gasteiger partial charge in [0.05, 0.1) is 12.2 Å². The van der Waals surface area contributed by atoms with Gasteiger partial charge in [0.2, 0.25) is 0 Å². The summed E-state index contributed by atoms with van der Waals surface area (Å²) in [5, 5.41) is 0. The fraction of sp³-hybridized carbons (Fsp3) is 0.600. The molecular formula is C20H33LiN2O-2. The average molecular weight is 324 g/mol. The van der Waals surface area contributed by atoms with Crippen molar-refractivity contribution in [3.63, 3.8) is 0 Å². The second kappa shape index (κ2) is 12.0. The Hall–Kier alpha value is -0.463. The van der Waals surface area contributed by atoms with Gasteiger partial charge in [-0.25, -0.2) is 0 Å². The maximum absolute atomic E-state index is 5.74. The minimum absolute atomic E-state index is 0. The van der Waals surface area contributed by atoms with E-state index in [1.807, 2.05) is 25.1 Å². The van der Waals surface area contributed by atoms with Crippen molar-refractivity contribution in [2.75, 3.05) is 18.8 Å². The topological polar surface area (TPSA) is 38.5 Å². The Bertz CT molecular complexity index is 424. The van der Waals surface area contributed by atoms with Crippen LogP contribution in [0, 0.1) is 32.8 Å². The number of nitrogens with zero attached hydrogens (tertiary/aromatic N) is 1. The van der Waals surface area contributed by atoms with E-state index in [-0.39, 0.29) is 18.9 Å². The van der Waals surface area contributed by atoms with Gasteiger partial charge in [0.15, 0.2) is 0 Å². The molecule has 132 valence electrons. The van der Waals surface area contributed by atoms with Crippen molar-refractivity contribution in [3.05, 3.63) is 43.7 Å². The molecule has 0 aliphatic carbocycles. The molecule has 3 nitrogen and oxygen atoms in total. The molecule has 1 aliphatic heterocycles. The smallest absolute Gasteiger partial charge is 0.420 e. The van der Waals surface area contributed by atoms with E-state index in [1.165, 1.54) is 0 Å². The maximum Gasteiger partial charge on any atom is 1.00 e. The second-order valence-corrected chi connectivity index (χ2v) is 6.58. The van der Waals surface area contributed by atoms with Gasteiger partial charge < -0.3 is 24.3 Å². The summed E-state index contributed by atoms with van der Waals surface area (Å²) in [4.78, 5) is 2.53. The first-order valence-corrected chi connectivity index (χ1v) is 8.59. The number of morpholine rings is 1. The standard InChI is InChI=1S/C13H25NO.C7H8N.Li/c1-6-13(7-2)12(5)14-8-10(3)15-11(4)9-14;1-6-3-2-4-7(8)5-6;/h10-13H,1-2,6-9H2,3-5H3;2-4H,8H2,1H3;/q-2;-1;+1/t10-,11+,12?;;. The van der Waals surface area contributed by atoms with Crippen LogP contribution < -0.4 is 24.6 Å². The van der Waals surface area contributed by atoms with E-state index in [2.05, 4.69) is 45.6 Å². The Balaban J connectivity index is 0.000000498. The van der Waals surface area contributed by atoms with Crippen molar-refractivity contribution < 1.29 is 23.6 Å². The first kappa shape index (κ1) is 23.5. The molecule has 0 aromatic heterocycles. The number of benzene rings is 1. The molecule has 1 heterocycles. The van der Waals surface area contributed by atoms with Crippen LogP contribution in [0.1, 0.15) is 39.2 Å². The third-order valence-electron chi connectivity index (χ3n) is 4.41. The van der Waals surface area contributed by atoms with Crippen LogP contribution in [0.25, 0.3) is 0 Å². The zero-order valence-electron chi connectivity index (χ0n) is 16.2. The monoisotopic (exact) mass is 324 g/mol. The van der Waals surface area contributed by atoms with Crippen LogP contribution in [-0.2, 0) is 4.74 Å². The van der Waals surface area contributed by atoms with Gasteiger partial charge in [-0.15, -0.1) is 6.07 Å². The molecule has 2 N–H and O–H groups in total. The molecule has 0 radical (unpaired) electrons. The molecule has 0 saturated carbocycles. The Morgan fingerprint density at radius 3 is 2.17 bits per heavy atom. The number of rotatable bonds is 4. The molecule has 4 heteroatoms. The van der Waals surface area contributed by atoms with Crippen LogP contribution in [0.15, 0.2) is 18.2 Å². The van der Waals surface area contributed by atoms with Crippen molar-refractivity contribution in [3.8, 4) is 0 Å². The number of hydrogen-bond donors (Lipinski definition) is 1. The van der Waals surface area contributed by atoms with Crippen molar-refractivity contribution in [1.29, 1.82) is 0 Å². The van der Waals surface area contributed by atoms with Gasteiger partial charge in [-0.2, -0.15) is 36.6 Å². The summed E-state index contributed by atoms with van der Waals surface area (Å²) >= 11 is 0. The largest absolute Gasteiger partial charge is 1.00 e. The van der Waals surface area contributed by atoms with Crippen LogP contribution in [0.2, 0.25) is 0 Å². The van der Waals surface area contributed by atoms with Gasteiger partial charge in [-0.3, -0.25) is 4.90 Å². The van der Waals surface area contributed by atoms with Crippen molar-refractivity contribution >= 4 is 5.69 Å². The van der Waals surface area contributed by atoms with Gasteiger partial charge in [0, 0.05) is 19.1 Å². The average Bonchev–Trinajstić information content (AvgIpc) is 2.47. The Kier molecular flexibility index (Phi) is 11.8. The molecule has 0 bridgehead atoms. The van der Waals surface area contributed by atoms with E-state index >= 15 is 0 Å². The van der Waals surface area contributed by atoms with Crippen LogP contribution in [0.3, 0.4) is 0 Å². The number of nitrogen functional groups attached to an aromatic ring is 1. The summed E-state index contributed by atoms with van der Waals surface area (Å²) in [6, 6.07) is 9.24. The summed E-state index contributed by atoms with van der Waals surface area (Å²) in [7, 11) is 0. The van der Waals surface area contributed by atoms with E-state index in [9.17, 15) is 0 Å². The first-order chi connectivity index (χ1) is 10.9. The molecule has 1 saturated heterocycles. The van der Waals surface area contributed by atoms with Crippen LogP contribution >= 0.6 is 0 Å². The van der Waals surface area contributed by atoms with Crippen molar-refractivity contribution in [2.45, 2.75) is 58.8 Å². The van der Waals surface area contributed by atoms with Gasteiger partial charge in [0.1, 0.15) is 0 Å². The van der Waals surface area contributed by atoms with Gasteiger partial charge >= 0.3 is 18.9 Å². The summed E-state index contributed by atoms with van der Waals surface area (Å²) in [5.41, 5.74) is 7.20. The predicted molar refractivity (Wildman–Crippen MR) is 98.9 cm³/mol. The second-order valence-electron chi connectivity index (χ2n) is 6.58. The number of hydrogen-bond acceptors (Lipinski definition) is 3. The van der Waals surface area contributed by atoms with E-state index in [1.54, 1.807) is 0 Å². The first-order valence-electron chi connectivity index (χ1n) is 8.59. The molecule has 2 rings (SSSR count). The van der Waals surface area contributed by atoms with Gasteiger partial charge in [0.25, 0.3) is 0 Å². The van der Waals surface area contributed by atoms with Gasteiger partial charge in [-0.1, -0.05) is 18.5 Å². The Morgan fingerprint density at radius 1 is 1.25 bits per heavy atom. The fourth-order valence-electron chi connectivity index (χ4n) is 3.08. The zero-order valence-corrected chi connectivity index (χ0v) is 16.2. The number of ether oxygens (including phenoxy) is 1. The zero-order chi connectivity index (χ0) is 17.4. The summed E-state index contributed by atoms with van der Waals surface area (Å²) in [6.45, 7) is 18.7. The summed E-state index contributed by atoms with van der Waals surface area (Å²) in [6.07, 6.45) is 2.66. The van der Waals surface area contributed by atoms with E-state index < -0.39 is 0 Å². The Labute approximate surface area is 161 Å². The molecule has 3 atom stereocenters. The quantitative estimate of drug-likeness (QED) is 0.509. The van der Waals surface area contributed by atoms with E-state index in [0.29, 0.717) is 29.9 Å². The van der Waals surface area contributed by atoms with Crippen LogP contribution in [-0.4, -0.2) is 36.2 Å². The summed E-state index contributed by atoms with van der Waals surface area (Å²) < 4.78 is 5.74. The SMILES string of the molecule is Cc1[c-]c(N)ccc1.[CH2-]CC(C[CH2-])C(C)N1C[C@@H](C)O[C@@H](C)C1.[Li+]. The molecule has 1 aliphatic rings. The number of aryl methyl sites for hydroxylation is 1. The minimum Gasteiger partial charge on any atom is -0.420 e. The fourth-order valence-corrected chi connectivity index (χ4v) is 3.08. The predicted octanol–water partition coefficient (Wildman–Crippen LogP) is 0.930. The maximum atomic E-state index is 5.74. The summed E-state index contributed by atoms with van der Waals surface area (Å²) in [5.74, 6) is 0.613. The Morgan fingerprint density at radius 2 is 1.79 bits per heavy atom. The molecule has 1 aromatic rings. The van der Waals surface area contributed by atoms with Gasteiger partial charge in [-0.05, 0) is 20.8 Å². The van der Waals surface area contributed by atoms with E-state index in [4.69, 9.17) is 10.5 Å². The molecule has 1 unspecified atom stereocenters. The normalized spacial score (nSPS) is 22.3. The molecule has 1 aromatic carbocycles. The van der Waals surface area contributed by atoms with Crippen molar-refractivity contribution in [2.24, 2.45) is 5.92 Å². The van der Waals surface area contributed by atoms with Crippen molar-refractivity contribution in [1.82, 2.24) is 4.90 Å². The minimum atomic E-state index is 0. The molecule has 0 spiro atoms. The number of anilines is 1. The molecule has 1 fully saturated rings. The third kappa shape index (κ3) is 8.08. The number of nitrogens with two attached hydrogens (primary N) is 1.